The number of amides is 2. The third-order valence-corrected chi connectivity index (χ3v) is 4.57. The summed E-state index contributed by atoms with van der Waals surface area (Å²) in [5.74, 6) is -1.92. The zero-order valence-corrected chi connectivity index (χ0v) is 15.7. The number of carbonyl (C=O) groups is 3. The van der Waals surface area contributed by atoms with Crippen molar-refractivity contribution in [2.24, 2.45) is 0 Å². The van der Waals surface area contributed by atoms with Crippen LogP contribution in [-0.2, 0) is 9.63 Å². The van der Waals surface area contributed by atoms with Crippen LogP contribution in [-0.4, -0.2) is 22.8 Å². The van der Waals surface area contributed by atoms with Crippen LogP contribution in [0.15, 0.2) is 78.9 Å². The van der Waals surface area contributed by atoms with Crippen molar-refractivity contribution in [1.29, 1.82) is 0 Å². The molecule has 1 aliphatic rings. The maximum atomic E-state index is 12.9. The Hall–Kier alpha value is -3.64. The Labute approximate surface area is 171 Å². The number of nitrogens with zero attached hydrogens (tertiary/aromatic N) is 1. The van der Waals surface area contributed by atoms with Crippen LogP contribution >= 0.6 is 11.6 Å². The molecule has 6 nitrogen and oxygen atoms in total. The summed E-state index contributed by atoms with van der Waals surface area (Å²) in [6.45, 7) is 0. The van der Waals surface area contributed by atoms with Crippen molar-refractivity contribution in [2.45, 2.75) is 6.10 Å². The molecule has 0 aliphatic carbocycles. The summed E-state index contributed by atoms with van der Waals surface area (Å²) in [5, 5.41) is 0.982. The van der Waals surface area contributed by atoms with Gasteiger partial charge in [0.25, 0.3) is 11.8 Å². The van der Waals surface area contributed by atoms with E-state index in [4.69, 9.17) is 21.2 Å². The number of rotatable bonds is 5. The van der Waals surface area contributed by atoms with E-state index < -0.39 is 23.9 Å². The third-order valence-electron chi connectivity index (χ3n) is 4.32. The Balaban J connectivity index is 1.60. The predicted octanol–water partition coefficient (Wildman–Crippen LogP) is 4.21. The van der Waals surface area contributed by atoms with Gasteiger partial charge in [0.05, 0.1) is 11.1 Å². The van der Waals surface area contributed by atoms with E-state index in [1.54, 1.807) is 66.7 Å². The second-order valence-electron chi connectivity index (χ2n) is 6.22. The number of fused-ring (bicyclic) bond motifs is 1. The highest BCUT2D eigenvalue weighted by Crippen LogP contribution is 2.27. The summed E-state index contributed by atoms with van der Waals surface area (Å²) in [4.78, 5) is 43.0. The van der Waals surface area contributed by atoms with Gasteiger partial charge in [0, 0.05) is 10.6 Å². The van der Waals surface area contributed by atoms with Crippen molar-refractivity contribution < 1.29 is 24.0 Å². The highest BCUT2D eigenvalue weighted by molar-refractivity contribution is 6.30. The molecule has 1 unspecified atom stereocenters. The number of imide groups is 1. The Morgan fingerprint density at radius 1 is 0.793 bits per heavy atom. The van der Waals surface area contributed by atoms with E-state index in [2.05, 4.69) is 0 Å². The van der Waals surface area contributed by atoms with E-state index in [0.717, 1.165) is 0 Å². The van der Waals surface area contributed by atoms with Crippen molar-refractivity contribution in [2.75, 3.05) is 0 Å². The molecule has 2 amide bonds. The number of carbonyl (C=O) groups excluding carboxylic acids is 3. The van der Waals surface area contributed by atoms with Crippen molar-refractivity contribution in [1.82, 2.24) is 5.06 Å². The van der Waals surface area contributed by atoms with Crippen LogP contribution in [0.2, 0.25) is 5.02 Å². The van der Waals surface area contributed by atoms with Gasteiger partial charge in [0.1, 0.15) is 5.75 Å². The summed E-state index contributed by atoms with van der Waals surface area (Å²) in [5.41, 5.74) is 0.865. The van der Waals surface area contributed by atoms with Crippen LogP contribution in [0.25, 0.3) is 0 Å². The molecule has 0 N–H and O–H groups in total. The zero-order chi connectivity index (χ0) is 20.4. The first-order valence-electron chi connectivity index (χ1n) is 8.71. The van der Waals surface area contributed by atoms with Gasteiger partial charge >= 0.3 is 5.97 Å². The van der Waals surface area contributed by atoms with Gasteiger partial charge in [-0.2, -0.15) is 0 Å². The van der Waals surface area contributed by atoms with Crippen molar-refractivity contribution >= 4 is 29.4 Å². The van der Waals surface area contributed by atoms with Gasteiger partial charge in [0.2, 0.25) is 6.10 Å². The van der Waals surface area contributed by atoms with Crippen LogP contribution in [0, 0.1) is 0 Å². The lowest BCUT2D eigenvalue weighted by molar-refractivity contribution is -0.177. The second-order valence-corrected chi connectivity index (χ2v) is 6.66. The quantitative estimate of drug-likeness (QED) is 0.592. The summed E-state index contributed by atoms with van der Waals surface area (Å²) in [6, 6.07) is 21.4. The molecule has 1 aliphatic heterocycles. The molecule has 144 valence electrons. The lowest BCUT2D eigenvalue weighted by Gasteiger charge is -2.20. The second kappa shape index (κ2) is 7.77. The van der Waals surface area contributed by atoms with E-state index in [0.29, 0.717) is 21.4 Å². The van der Waals surface area contributed by atoms with E-state index in [1.807, 2.05) is 0 Å². The minimum Gasteiger partial charge on any atom is -0.474 e. The minimum atomic E-state index is -1.19. The fourth-order valence-corrected chi connectivity index (χ4v) is 3.04. The Morgan fingerprint density at radius 3 is 1.93 bits per heavy atom. The topological polar surface area (TPSA) is 72.9 Å². The molecule has 0 spiro atoms. The Morgan fingerprint density at radius 2 is 1.34 bits per heavy atom. The number of ether oxygens (including phenoxy) is 1. The van der Waals surface area contributed by atoms with E-state index >= 15 is 0 Å². The van der Waals surface area contributed by atoms with Gasteiger partial charge in [-0.05, 0) is 36.4 Å². The molecule has 3 aromatic carbocycles. The Kier molecular flexibility index (Phi) is 5.01. The molecule has 0 fully saturated rings. The lowest BCUT2D eigenvalue weighted by Crippen LogP contribution is -2.35. The van der Waals surface area contributed by atoms with Crippen LogP contribution in [0.4, 0.5) is 0 Å². The first-order chi connectivity index (χ1) is 14.0. The highest BCUT2D eigenvalue weighted by Gasteiger charge is 2.40. The normalized spacial score (nSPS) is 13.8. The van der Waals surface area contributed by atoms with E-state index in [1.165, 1.54) is 12.1 Å². The summed E-state index contributed by atoms with van der Waals surface area (Å²) in [6.07, 6.45) is -1.19. The van der Waals surface area contributed by atoms with Gasteiger partial charge in [-0.3, -0.25) is 9.59 Å². The van der Waals surface area contributed by atoms with Crippen molar-refractivity contribution in [3.05, 3.63) is 101 Å². The average molecular weight is 408 g/mol. The number of halogens is 1. The SMILES string of the molecule is O=C(ON1C(=O)c2ccccc2C1=O)C(Oc1ccc(Cl)cc1)c1ccccc1. The number of hydrogen-bond donors (Lipinski definition) is 0. The molecule has 0 radical (unpaired) electrons. The molecule has 0 saturated heterocycles. The minimum absolute atomic E-state index is 0.181. The zero-order valence-electron chi connectivity index (χ0n) is 14.9. The summed E-state index contributed by atoms with van der Waals surface area (Å²) < 4.78 is 5.79. The largest absolute Gasteiger partial charge is 0.474 e. The van der Waals surface area contributed by atoms with Crippen LogP contribution in [0.5, 0.6) is 5.75 Å². The molecule has 7 heteroatoms. The molecular weight excluding hydrogens is 394 g/mol. The maximum absolute atomic E-state index is 12.9. The molecular formula is C22H14ClNO5. The Bertz CT molecular complexity index is 1050. The van der Waals surface area contributed by atoms with Crippen LogP contribution in [0.1, 0.15) is 32.4 Å². The fraction of sp³-hybridized carbons (Fsp3) is 0.0455. The molecule has 1 heterocycles. The van der Waals surface area contributed by atoms with Gasteiger partial charge in [-0.1, -0.05) is 59.1 Å². The molecule has 29 heavy (non-hydrogen) atoms. The molecule has 4 rings (SSSR count). The molecule has 0 aromatic heterocycles. The number of hydrogen-bond acceptors (Lipinski definition) is 5. The first kappa shape index (κ1) is 18.7. The van der Waals surface area contributed by atoms with Crippen LogP contribution < -0.4 is 4.74 Å². The van der Waals surface area contributed by atoms with Crippen LogP contribution in [0.3, 0.4) is 0 Å². The summed E-state index contributed by atoms with van der Waals surface area (Å²) >= 11 is 5.89. The lowest BCUT2D eigenvalue weighted by atomic mass is 10.1. The molecule has 0 saturated carbocycles. The molecule has 0 bridgehead atoms. The van der Waals surface area contributed by atoms with E-state index in [9.17, 15) is 14.4 Å². The van der Waals surface area contributed by atoms with Gasteiger partial charge in [0.15, 0.2) is 0 Å². The number of hydroxylamine groups is 2. The first-order valence-corrected chi connectivity index (χ1v) is 9.09. The van der Waals surface area contributed by atoms with Crippen molar-refractivity contribution in [3.8, 4) is 5.75 Å². The smallest absolute Gasteiger partial charge is 0.377 e. The van der Waals surface area contributed by atoms with E-state index in [-0.39, 0.29) is 11.1 Å². The molecule has 3 aromatic rings. The van der Waals surface area contributed by atoms with Gasteiger partial charge < -0.3 is 9.57 Å². The standard InChI is InChI=1S/C22H14ClNO5/c23-15-10-12-16(13-11-15)28-19(14-6-2-1-3-7-14)22(27)29-24-20(25)17-8-4-5-9-18(17)21(24)26/h1-13,19H. The average Bonchev–Trinajstić information content (AvgIpc) is 2.99. The summed E-state index contributed by atoms with van der Waals surface area (Å²) in [7, 11) is 0. The maximum Gasteiger partial charge on any atom is 0.377 e. The predicted molar refractivity (Wildman–Crippen MR) is 104 cm³/mol. The number of benzene rings is 3. The monoisotopic (exact) mass is 407 g/mol. The van der Waals surface area contributed by atoms with Gasteiger partial charge in [-0.15, -0.1) is 0 Å². The van der Waals surface area contributed by atoms with Gasteiger partial charge in [-0.25, -0.2) is 4.79 Å². The highest BCUT2D eigenvalue weighted by atomic mass is 35.5. The third kappa shape index (κ3) is 3.70. The molecule has 1 atom stereocenters. The fourth-order valence-electron chi connectivity index (χ4n) is 2.92. The van der Waals surface area contributed by atoms with Crippen molar-refractivity contribution in [3.63, 3.8) is 0 Å².